The number of benzene rings is 1. The minimum atomic E-state index is -0.492. The first-order valence-electron chi connectivity index (χ1n) is 6.55. The van der Waals surface area contributed by atoms with E-state index in [1.807, 2.05) is 19.9 Å². The van der Waals surface area contributed by atoms with Gasteiger partial charge in [-0.1, -0.05) is 36.4 Å². The Morgan fingerprint density at radius 3 is 2.50 bits per heavy atom. The Kier molecular flexibility index (Phi) is 3.88. The maximum Gasteiger partial charge on any atom is 0.163 e. The van der Waals surface area contributed by atoms with Crippen molar-refractivity contribution in [3.63, 3.8) is 0 Å². The first kappa shape index (κ1) is 13.3. The van der Waals surface area contributed by atoms with Gasteiger partial charge in [0, 0.05) is 6.42 Å². The van der Waals surface area contributed by atoms with Gasteiger partial charge in [-0.2, -0.15) is 0 Å². The van der Waals surface area contributed by atoms with Gasteiger partial charge in [0.25, 0.3) is 0 Å². The van der Waals surface area contributed by atoms with Crippen molar-refractivity contribution in [3.8, 4) is 0 Å². The molecular weight excluding hydrogens is 224 g/mol. The molecule has 1 aromatic carbocycles. The molecule has 98 valence electrons. The van der Waals surface area contributed by atoms with Crippen LogP contribution >= 0.6 is 0 Å². The second kappa shape index (κ2) is 5.25. The molecular formula is C16H22O2. The van der Waals surface area contributed by atoms with Crippen molar-refractivity contribution < 1.29 is 9.47 Å². The molecule has 2 heteroatoms. The molecule has 0 aromatic heterocycles. The van der Waals surface area contributed by atoms with Gasteiger partial charge < -0.3 is 9.47 Å². The highest BCUT2D eigenvalue weighted by Crippen LogP contribution is 2.30. The molecule has 1 heterocycles. The highest BCUT2D eigenvalue weighted by molar-refractivity contribution is 5.53. The summed E-state index contributed by atoms with van der Waals surface area (Å²) in [5.74, 6) is -0.492. The molecule has 0 N–H and O–H groups in total. The second-order valence-electron chi connectivity index (χ2n) is 5.47. The normalized spacial score (nSPS) is 28.1. The summed E-state index contributed by atoms with van der Waals surface area (Å²) in [7, 11) is 0. The first-order chi connectivity index (χ1) is 8.46. The van der Waals surface area contributed by atoms with Crippen molar-refractivity contribution in [1.29, 1.82) is 0 Å². The number of ether oxygens (including phenoxy) is 2. The molecule has 0 unspecified atom stereocenters. The molecule has 0 radical (unpaired) electrons. The monoisotopic (exact) mass is 246 g/mol. The topological polar surface area (TPSA) is 18.5 Å². The lowest BCUT2D eigenvalue weighted by Gasteiger charge is -2.40. The summed E-state index contributed by atoms with van der Waals surface area (Å²) in [4.78, 5) is 0. The molecule has 1 aromatic rings. The van der Waals surface area contributed by atoms with E-state index < -0.39 is 5.79 Å². The molecule has 0 bridgehead atoms. The van der Waals surface area contributed by atoms with Crippen LogP contribution in [0.2, 0.25) is 0 Å². The molecule has 0 spiro atoms. The highest BCUT2D eigenvalue weighted by Gasteiger charge is 2.33. The molecule has 2 atom stereocenters. The van der Waals surface area contributed by atoms with Crippen LogP contribution < -0.4 is 0 Å². The predicted molar refractivity (Wildman–Crippen MR) is 74.2 cm³/mol. The fourth-order valence-electron chi connectivity index (χ4n) is 2.44. The van der Waals surface area contributed by atoms with Gasteiger partial charge >= 0.3 is 0 Å². The van der Waals surface area contributed by atoms with Crippen molar-refractivity contribution in [1.82, 2.24) is 0 Å². The molecule has 1 aliphatic rings. The van der Waals surface area contributed by atoms with Crippen molar-refractivity contribution in [2.24, 2.45) is 0 Å². The largest absolute Gasteiger partial charge is 0.347 e. The molecule has 0 amide bonds. The lowest BCUT2D eigenvalue weighted by Crippen LogP contribution is -2.43. The lowest BCUT2D eigenvalue weighted by atomic mass is 10.0. The van der Waals surface area contributed by atoms with Crippen molar-refractivity contribution in [2.75, 3.05) is 0 Å². The Morgan fingerprint density at radius 1 is 1.22 bits per heavy atom. The zero-order valence-corrected chi connectivity index (χ0v) is 11.6. The summed E-state index contributed by atoms with van der Waals surface area (Å²) < 4.78 is 11.7. The average Bonchev–Trinajstić information content (AvgIpc) is 2.27. The third-order valence-corrected chi connectivity index (χ3v) is 3.16. The average molecular weight is 246 g/mol. The second-order valence-corrected chi connectivity index (χ2v) is 5.47. The Hall–Kier alpha value is -1.12. The maximum atomic E-state index is 5.99. The molecule has 1 aliphatic heterocycles. The minimum Gasteiger partial charge on any atom is -0.347 e. The molecule has 1 fully saturated rings. The van der Waals surface area contributed by atoms with E-state index in [4.69, 9.17) is 9.47 Å². The Morgan fingerprint density at radius 2 is 1.89 bits per heavy atom. The molecule has 18 heavy (non-hydrogen) atoms. The number of hydrogen-bond acceptors (Lipinski definition) is 2. The van der Waals surface area contributed by atoms with Crippen LogP contribution in [0, 0.1) is 0 Å². The van der Waals surface area contributed by atoms with Crippen LogP contribution in [0.3, 0.4) is 0 Å². The van der Waals surface area contributed by atoms with Crippen LogP contribution in [-0.4, -0.2) is 18.0 Å². The quantitative estimate of drug-likeness (QED) is 0.784. The Balaban J connectivity index is 2.13. The minimum absolute atomic E-state index is 0.143. The van der Waals surface area contributed by atoms with E-state index in [-0.39, 0.29) is 12.2 Å². The number of hydrogen-bond donors (Lipinski definition) is 0. The zero-order valence-electron chi connectivity index (χ0n) is 11.6. The van der Waals surface area contributed by atoms with Crippen LogP contribution in [0.4, 0.5) is 0 Å². The van der Waals surface area contributed by atoms with E-state index in [1.165, 1.54) is 11.1 Å². The molecule has 0 aliphatic carbocycles. The van der Waals surface area contributed by atoms with E-state index in [0.717, 1.165) is 6.42 Å². The zero-order chi connectivity index (χ0) is 13.2. The van der Waals surface area contributed by atoms with E-state index in [1.54, 1.807) is 0 Å². The first-order valence-corrected chi connectivity index (χ1v) is 6.55. The Bertz CT molecular complexity index is 420. The fourth-order valence-corrected chi connectivity index (χ4v) is 2.44. The molecule has 2 nitrogen and oxygen atoms in total. The van der Waals surface area contributed by atoms with E-state index >= 15 is 0 Å². The summed E-state index contributed by atoms with van der Waals surface area (Å²) in [6.45, 7) is 8.19. The van der Waals surface area contributed by atoms with Gasteiger partial charge in [-0.05, 0) is 38.8 Å². The predicted octanol–water partition coefficient (Wildman–Crippen LogP) is 4.02. The van der Waals surface area contributed by atoms with Crippen LogP contribution in [0.5, 0.6) is 0 Å². The summed E-state index contributed by atoms with van der Waals surface area (Å²) in [5.41, 5.74) is 2.47. The van der Waals surface area contributed by atoms with Crippen LogP contribution in [0.1, 0.15) is 39.7 Å². The van der Waals surface area contributed by atoms with Gasteiger partial charge in [-0.15, -0.1) is 0 Å². The van der Waals surface area contributed by atoms with E-state index in [2.05, 4.69) is 44.2 Å². The van der Waals surface area contributed by atoms with E-state index in [0.29, 0.717) is 0 Å². The summed E-state index contributed by atoms with van der Waals surface area (Å²) in [5, 5.41) is 0. The lowest BCUT2D eigenvalue weighted by molar-refractivity contribution is -0.288. The highest BCUT2D eigenvalue weighted by atomic mass is 16.7. The summed E-state index contributed by atoms with van der Waals surface area (Å²) >= 11 is 0. The fraction of sp³-hybridized carbons (Fsp3) is 0.500. The Labute approximate surface area is 110 Å². The van der Waals surface area contributed by atoms with Crippen LogP contribution in [-0.2, 0) is 9.47 Å². The van der Waals surface area contributed by atoms with Gasteiger partial charge in [0.05, 0.1) is 12.2 Å². The van der Waals surface area contributed by atoms with Gasteiger partial charge in [0.2, 0.25) is 0 Å². The van der Waals surface area contributed by atoms with Crippen LogP contribution in [0.15, 0.2) is 35.9 Å². The van der Waals surface area contributed by atoms with Gasteiger partial charge in [0.15, 0.2) is 5.79 Å². The summed E-state index contributed by atoms with van der Waals surface area (Å²) in [6, 6.07) is 10.4. The smallest absolute Gasteiger partial charge is 0.163 e. The standard InChI is InChI=1S/C16H22O2/c1-12(10-14-8-6-5-7-9-14)15-11-13(2)17-16(3,4)18-15/h5-10,13,15H,11H2,1-4H3/b12-10+/t13-,15+/m1/s1. The van der Waals surface area contributed by atoms with Crippen molar-refractivity contribution in [3.05, 3.63) is 41.5 Å². The molecule has 1 saturated heterocycles. The molecule has 2 rings (SSSR count). The SMILES string of the molecule is C/C(=C\c1ccccc1)[C@@H]1C[C@@H](C)OC(C)(C)O1. The van der Waals surface area contributed by atoms with Crippen molar-refractivity contribution >= 4 is 6.08 Å². The third kappa shape index (κ3) is 3.44. The summed E-state index contributed by atoms with van der Waals surface area (Å²) in [6.07, 6.45) is 3.49. The van der Waals surface area contributed by atoms with Crippen LogP contribution in [0.25, 0.3) is 6.08 Å². The van der Waals surface area contributed by atoms with Gasteiger partial charge in [-0.3, -0.25) is 0 Å². The third-order valence-electron chi connectivity index (χ3n) is 3.16. The maximum absolute atomic E-state index is 5.99. The number of rotatable bonds is 2. The van der Waals surface area contributed by atoms with Gasteiger partial charge in [0.1, 0.15) is 0 Å². The van der Waals surface area contributed by atoms with Crippen molar-refractivity contribution in [2.45, 2.75) is 52.1 Å². The van der Waals surface area contributed by atoms with Gasteiger partial charge in [-0.25, -0.2) is 0 Å². The molecule has 0 saturated carbocycles. The van der Waals surface area contributed by atoms with E-state index in [9.17, 15) is 0 Å².